The highest BCUT2D eigenvalue weighted by molar-refractivity contribution is 7.93. The van der Waals surface area contributed by atoms with E-state index in [1.54, 1.807) is 6.92 Å². The number of sulfonamides is 1. The zero-order chi connectivity index (χ0) is 23.9. The molecule has 1 heterocycles. The molecule has 2 aromatic rings. The fourth-order valence-corrected chi connectivity index (χ4v) is 4.28. The van der Waals surface area contributed by atoms with E-state index < -0.39 is 27.9 Å². The van der Waals surface area contributed by atoms with E-state index in [0.29, 0.717) is 11.5 Å². The lowest BCUT2D eigenvalue weighted by Crippen LogP contribution is -2.42. The first-order valence-corrected chi connectivity index (χ1v) is 11.9. The number of halogens is 1. The van der Waals surface area contributed by atoms with Crippen molar-refractivity contribution in [1.82, 2.24) is 14.9 Å². The number of nitrogens with one attached hydrogen (secondary N) is 1. The Morgan fingerprint density at radius 2 is 2.09 bits per heavy atom. The molecule has 1 atom stereocenters. The number of hydrogen-bond donors (Lipinski definition) is 2. The Bertz CT molecular complexity index is 1090. The van der Waals surface area contributed by atoms with Gasteiger partial charge < -0.3 is 9.63 Å². The zero-order valence-electron chi connectivity index (χ0n) is 18.3. The molecule has 32 heavy (non-hydrogen) atoms. The maximum atomic E-state index is 14.6. The van der Waals surface area contributed by atoms with Crippen molar-refractivity contribution in [3.05, 3.63) is 59.1 Å². The molecule has 0 unspecified atom stereocenters. The molecule has 2 N–H and O–H groups in total. The Balaban J connectivity index is 0.00000176. The number of carboxylic acid groups (broad SMARTS) is 1. The molecule has 0 saturated heterocycles. The third-order valence-electron chi connectivity index (χ3n) is 4.68. The first-order valence-electron chi connectivity index (χ1n) is 10.4. The second kappa shape index (κ2) is 11.1. The number of nitrogens with zero attached hydrogens (tertiary/aromatic N) is 2. The molecule has 0 bridgehead atoms. The molecular weight excluding hydrogens is 437 g/mol. The fraction of sp³-hybridized carbons (Fsp3) is 0.409. The van der Waals surface area contributed by atoms with Crippen molar-refractivity contribution in [3.8, 4) is 11.4 Å². The molecule has 174 valence electrons. The minimum Gasteiger partial charge on any atom is -0.480 e. The van der Waals surface area contributed by atoms with Crippen LogP contribution in [0.25, 0.3) is 11.4 Å². The van der Waals surface area contributed by atoms with E-state index in [9.17, 15) is 22.7 Å². The van der Waals surface area contributed by atoms with Gasteiger partial charge >= 0.3 is 5.97 Å². The summed E-state index contributed by atoms with van der Waals surface area (Å²) < 4.78 is 46.8. The van der Waals surface area contributed by atoms with Gasteiger partial charge in [-0.1, -0.05) is 44.6 Å². The third-order valence-corrected chi connectivity index (χ3v) is 6.39. The summed E-state index contributed by atoms with van der Waals surface area (Å²) in [5.74, 6) is -1.18. The molecular formula is C22H28FN3O5S. The summed E-state index contributed by atoms with van der Waals surface area (Å²) in [6, 6.07) is 2.62. The molecule has 3 rings (SSSR count). The maximum Gasteiger partial charge on any atom is 0.322 e. The van der Waals surface area contributed by atoms with Gasteiger partial charge in [0.05, 0.1) is 10.5 Å². The normalized spacial score (nSPS) is 14.9. The Morgan fingerprint density at radius 3 is 2.62 bits per heavy atom. The second-order valence-electron chi connectivity index (χ2n) is 6.98. The smallest absolute Gasteiger partial charge is 0.322 e. The molecule has 1 saturated carbocycles. The highest BCUT2D eigenvalue weighted by Crippen LogP contribution is 2.39. The van der Waals surface area contributed by atoms with Crippen LogP contribution in [0.4, 0.5) is 4.39 Å². The van der Waals surface area contributed by atoms with Gasteiger partial charge in [-0.3, -0.25) is 4.79 Å². The van der Waals surface area contributed by atoms with Crippen LogP contribution in [-0.4, -0.2) is 35.7 Å². The first kappa shape index (κ1) is 25.4. The number of carbonyl (C=O) groups is 1. The summed E-state index contributed by atoms with van der Waals surface area (Å²) in [7, 11) is -4.03. The van der Waals surface area contributed by atoms with Crippen LogP contribution in [0.2, 0.25) is 0 Å². The summed E-state index contributed by atoms with van der Waals surface area (Å²) in [6.07, 6.45) is 4.49. The molecule has 1 aromatic heterocycles. The minimum atomic E-state index is -4.03. The van der Waals surface area contributed by atoms with Gasteiger partial charge in [-0.25, -0.2) is 12.8 Å². The van der Waals surface area contributed by atoms with Gasteiger partial charge in [-0.15, -0.1) is 0 Å². The number of aromatic nitrogens is 2. The quantitative estimate of drug-likeness (QED) is 0.505. The van der Waals surface area contributed by atoms with Crippen molar-refractivity contribution in [2.45, 2.75) is 58.4 Å². The molecule has 1 aromatic carbocycles. The standard InChI is InChI=1S/C20H22FN3O5S.C2H6/c1-3-5-14(4-2)30(27,28)24-17(20(25)26)11-12-6-9-15(16(21)10-12)18-22-19(29-23-18)13-7-8-13;1-2/h3,5-6,9-10,13,17,24H,1,4,7-8,11H2,2H3,(H,25,26);1-2H3/b14-5+;/t17-;/m1./s1. The second-order valence-corrected chi connectivity index (χ2v) is 8.75. The molecule has 1 aliphatic carbocycles. The molecule has 8 nitrogen and oxygen atoms in total. The van der Waals surface area contributed by atoms with Crippen LogP contribution in [0.3, 0.4) is 0 Å². The number of carboxylic acids is 1. The van der Waals surface area contributed by atoms with Crippen molar-refractivity contribution in [2.24, 2.45) is 0 Å². The van der Waals surface area contributed by atoms with Crippen molar-refractivity contribution < 1.29 is 27.2 Å². The minimum absolute atomic E-state index is 0.00820. The lowest BCUT2D eigenvalue weighted by Gasteiger charge is -2.16. The summed E-state index contributed by atoms with van der Waals surface area (Å²) in [6.45, 7) is 9.09. The van der Waals surface area contributed by atoms with Crippen LogP contribution < -0.4 is 4.72 Å². The van der Waals surface area contributed by atoms with Gasteiger partial charge in [-0.2, -0.15) is 9.71 Å². The summed E-state index contributed by atoms with van der Waals surface area (Å²) in [4.78, 5) is 15.8. The topological polar surface area (TPSA) is 122 Å². The predicted octanol–water partition coefficient (Wildman–Crippen LogP) is 4.17. The number of aliphatic carboxylic acids is 1. The largest absolute Gasteiger partial charge is 0.480 e. The molecule has 10 heteroatoms. The molecule has 1 aliphatic rings. The van der Waals surface area contributed by atoms with E-state index in [1.807, 2.05) is 13.8 Å². The van der Waals surface area contributed by atoms with Crippen LogP contribution in [0.15, 0.2) is 46.4 Å². The Morgan fingerprint density at radius 1 is 1.41 bits per heavy atom. The summed E-state index contributed by atoms with van der Waals surface area (Å²) in [5.41, 5.74) is 0.437. The summed E-state index contributed by atoms with van der Waals surface area (Å²) >= 11 is 0. The van der Waals surface area contributed by atoms with Gasteiger partial charge in [0.25, 0.3) is 0 Å². The van der Waals surface area contributed by atoms with Crippen LogP contribution >= 0.6 is 0 Å². The van der Waals surface area contributed by atoms with E-state index in [0.717, 1.165) is 18.9 Å². The summed E-state index contributed by atoms with van der Waals surface area (Å²) in [5, 5.41) is 13.2. The van der Waals surface area contributed by atoms with Gasteiger partial charge in [0.2, 0.25) is 21.7 Å². The van der Waals surface area contributed by atoms with Gasteiger partial charge in [-0.05, 0) is 49.5 Å². The van der Waals surface area contributed by atoms with E-state index in [4.69, 9.17) is 4.52 Å². The highest BCUT2D eigenvalue weighted by Gasteiger charge is 2.30. The van der Waals surface area contributed by atoms with Crippen LogP contribution in [0.1, 0.15) is 57.4 Å². The lowest BCUT2D eigenvalue weighted by atomic mass is 10.0. The van der Waals surface area contributed by atoms with E-state index in [2.05, 4.69) is 21.4 Å². The van der Waals surface area contributed by atoms with E-state index in [1.165, 1.54) is 24.3 Å². The maximum absolute atomic E-state index is 14.6. The first-order chi connectivity index (χ1) is 15.2. The predicted molar refractivity (Wildman–Crippen MR) is 119 cm³/mol. The van der Waals surface area contributed by atoms with Crippen molar-refractivity contribution in [3.63, 3.8) is 0 Å². The SMILES string of the molecule is C=C/C=C(\CC)S(=O)(=O)N[C@H](Cc1ccc(-c2noc(C3CC3)n2)c(F)c1)C(=O)O.CC. The molecule has 0 aliphatic heterocycles. The van der Waals surface area contributed by atoms with Gasteiger partial charge in [0.1, 0.15) is 11.9 Å². The van der Waals surface area contributed by atoms with Crippen molar-refractivity contribution in [2.75, 3.05) is 0 Å². The Hall–Kier alpha value is -2.85. The van der Waals surface area contributed by atoms with Crippen molar-refractivity contribution in [1.29, 1.82) is 0 Å². The number of allylic oxidation sites excluding steroid dienone is 3. The average molecular weight is 466 g/mol. The van der Waals surface area contributed by atoms with Crippen molar-refractivity contribution >= 4 is 16.0 Å². The third kappa shape index (κ3) is 6.33. The number of rotatable bonds is 10. The molecule has 0 amide bonds. The van der Waals surface area contributed by atoms with E-state index >= 15 is 0 Å². The van der Waals surface area contributed by atoms with Crippen LogP contribution in [-0.2, 0) is 21.2 Å². The molecule has 1 fully saturated rings. The zero-order valence-corrected chi connectivity index (χ0v) is 19.2. The molecule has 0 radical (unpaired) electrons. The lowest BCUT2D eigenvalue weighted by molar-refractivity contribution is -0.138. The molecule has 0 spiro atoms. The Kier molecular flexibility index (Phi) is 8.85. The highest BCUT2D eigenvalue weighted by atomic mass is 32.2. The Labute approximate surface area is 187 Å². The van der Waals surface area contributed by atoms with Crippen LogP contribution in [0.5, 0.6) is 0 Å². The fourth-order valence-electron chi connectivity index (χ4n) is 2.91. The monoisotopic (exact) mass is 465 g/mol. The van der Waals surface area contributed by atoms with Crippen LogP contribution in [0, 0.1) is 5.82 Å². The number of hydrogen-bond acceptors (Lipinski definition) is 6. The van der Waals surface area contributed by atoms with E-state index in [-0.39, 0.29) is 35.1 Å². The average Bonchev–Trinajstić information content (AvgIpc) is 3.50. The number of benzene rings is 1. The van der Waals surface area contributed by atoms with Gasteiger partial charge in [0.15, 0.2) is 0 Å². The van der Waals surface area contributed by atoms with Gasteiger partial charge in [0, 0.05) is 5.92 Å².